The number of alkyl halides is 3. The number of nitrogens with zero attached hydrogens (tertiary/aromatic N) is 3. The third-order valence-electron chi connectivity index (χ3n) is 8.15. The molecule has 1 aliphatic carbocycles. The van der Waals surface area contributed by atoms with Crippen molar-refractivity contribution in [2.75, 3.05) is 31.1 Å². The van der Waals surface area contributed by atoms with Crippen LogP contribution in [0.2, 0.25) is 0 Å². The summed E-state index contributed by atoms with van der Waals surface area (Å²) >= 11 is 0. The second kappa shape index (κ2) is 14.1. The van der Waals surface area contributed by atoms with E-state index in [-0.39, 0.29) is 24.2 Å². The molecular weight excluding hydrogens is 605 g/mol. The van der Waals surface area contributed by atoms with E-state index in [1.54, 1.807) is 0 Å². The first-order chi connectivity index (χ1) is 21.6. The molecule has 5 rings (SSSR count). The second-order valence-corrected chi connectivity index (χ2v) is 13.0. The number of unbranched alkanes of at least 4 members (excludes halogenated alkanes) is 1. The van der Waals surface area contributed by atoms with Gasteiger partial charge in [-0.1, -0.05) is 26.8 Å². The quantitative estimate of drug-likeness (QED) is 0.193. The molecule has 1 aromatic carbocycles. The zero-order chi connectivity index (χ0) is 33.8. The van der Waals surface area contributed by atoms with Crippen LogP contribution in [0.15, 0.2) is 24.3 Å². The van der Waals surface area contributed by atoms with Crippen molar-refractivity contribution < 1.29 is 42.5 Å². The van der Waals surface area contributed by atoms with E-state index in [9.17, 15) is 22.8 Å². The molecule has 1 aromatic heterocycles. The van der Waals surface area contributed by atoms with E-state index < -0.39 is 18.1 Å². The minimum atomic E-state index is -5.08. The lowest BCUT2D eigenvalue weighted by molar-refractivity contribution is -0.192. The van der Waals surface area contributed by atoms with E-state index in [0.29, 0.717) is 49.0 Å². The number of halogens is 3. The van der Waals surface area contributed by atoms with E-state index in [2.05, 4.69) is 37.8 Å². The molecule has 0 amide bonds. The number of amidine groups is 1. The number of pyridine rings is 1. The number of Topliss-reactive ketones (excluding diaryl/α,β-unsaturated/α-hetero) is 1. The predicted octanol–water partition coefficient (Wildman–Crippen LogP) is 6.15. The summed E-state index contributed by atoms with van der Waals surface area (Å²) in [6, 6.07) is 8.07. The van der Waals surface area contributed by atoms with Gasteiger partial charge >= 0.3 is 18.1 Å². The maximum Gasteiger partial charge on any atom is 0.490 e. The van der Waals surface area contributed by atoms with Crippen LogP contribution in [0, 0.1) is 5.41 Å². The summed E-state index contributed by atoms with van der Waals surface area (Å²) in [5, 5.41) is 24.8. The Morgan fingerprint density at radius 3 is 2.26 bits per heavy atom. The molecule has 0 atom stereocenters. The lowest BCUT2D eigenvalue weighted by Gasteiger charge is -2.30. The van der Waals surface area contributed by atoms with Gasteiger partial charge < -0.3 is 24.7 Å². The zero-order valence-electron chi connectivity index (χ0n) is 26.4. The Morgan fingerprint density at radius 1 is 1.04 bits per heavy atom. The van der Waals surface area contributed by atoms with Gasteiger partial charge in [-0.15, -0.1) is 0 Å². The Hall–Kier alpha value is -4.16. The SMILES string of the molecule is CC(C)(C)c1cc(C(=O)CN2Cc3ccc(C4CC4)nc3C2=N)cc(N2CCCC2)c1OCCCCC(=O)O.O=C(O)C(F)(F)F. The molecule has 1 saturated heterocycles. The molecule has 3 heterocycles. The maximum absolute atomic E-state index is 13.7. The van der Waals surface area contributed by atoms with Crippen LogP contribution >= 0.6 is 0 Å². The van der Waals surface area contributed by atoms with E-state index in [1.807, 2.05) is 17.0 Å². The van der Waals surface area contributed by atoms with Crippen LogP contribution in [0.1, 0.15) is 105 Å². The molecule has 13 heteroatoms. The number of hydrogen-bond donors (Lipinski definition) is 3. The number of carboxylic acids is 2. The number of rotatable bonds is 11. The second-order valence-electron chi connectivity index (χ2n) is 13.0. The van der Waals surface area contributed by atoms with Crippen molar-refractivity contribution in [1.82, 2.24) is 9.88 Å². The van der Waals surface area contributed by atoms with Gasteiger partial charge in [-0.2, -0.15) is 13.2 Å². The van der Waals surface area contributed by atoms with Gasteiger partial charge in [0, 0.05) is 54.4 Å². The molecule has 1 saturated carbocycles. The summed E-state index contributed by atoms with van der Waals surface area (Å²) in [7, 11) is 0. The van der Waals surface area contributed by atoms with Crippen molar-refractivity contribution in [2.45, 2.75) is 89.8 Å². The number of fused-ring (bicyclic) bond motifs is 1. The normalized spacial score (nSPS) is 16.2. The number of carboxylic acid groups (broad SMARTS) is 2. The third-order valence-corrected chi connectivity index (χ3v) is 8.15. The lowest BCUT2D eigenvalue weighted by atomic mass is 9.84. The van der Waals surface area contributed by atoms with Gasteiger partial charge in [0.25, 0.3) is 0 Å². The highest BCUT2D eigenvalue weighted by molar-refractivity contribution is 6.05. The predicted molar refractivity (Wildman–Crippen MR) is 165 cm³/mol. The summed E-state index contributed by atoms with van der Waals surface area (Å²) in [5.41, 5.74) is 5.08. The van der Waals surface area contributed by atoms with Crippen LogP contribution in [-0.2, 0) is 21.5 Å². The van der Waals surface area contributed by atoms with Crippen molar-refractivity contribution in [1.29, 1.82) is 5.41 Å². The number of nitrogens with one attached hydrogen (secondary N) is 1. The summed E-state index contributed by atoms with van der Waals surface area (Å²) in [6.07, 6.45) is 0.799. The number of benzene rings is 1. The Bertz CT molecular complexity index is 1480. The highest BCUT2D eigenvalue weighted by Crippen LogP contribution is 2.42. The highest BCUT2D eigenvalue weighted by Gasteiger charge is 2.38. The molecule has 2 aliphatic heterocycles. The molecule has 0 bridgehead atoms. The standard InChI is InChI=1S/C31H40N4O4.C2HF3O2/c1-31(2,3)23-16-22(17-25(34-13-5-6-14-34)29(23)39-15-7-4-8-27(37)38)26(36)19-35-18-21-11-12-24(20-9-10-20)33-28(21)30(35)32;3-2(4,5)1(6)7/h11-12,16-17,20,32H,4-10,13-15,18-19H2,1-3H3,(H,37,38);(H,6,7). The monoisotopic (exact) mass is 646 g/mol. The number of carbonyl (C=O) groups is 3. The van der Waals surface area contributed by atoms with Crippen LogP contribution in [0.25, 0.3) is 0 Å². The van der Waals surface area contributed by atoms with Gasteiger partial charge in [-0.3, -0.25) is 15.0 Å². The Kier molecular flexibility index (Phi) is 10.6. The van der Waals surface area contributed by atoms with E-state index >= 15 is 0 Å². The molecule has 2 fully saturated rings. The average Bonchev–Trinajstić information content (AvgIpc) is 3.59. The number of ether oxygens (including phenoxy) is 1. The van der Waals surface area contributed by atoms with Crippen LogP contribution < -0.4 is 9.64 Å². The number of aromatic nitrogens is 1. The third kappa shape index (κ3) is 8.76. The van der Waals surface area contributed by atoms with Gasteiger partial charge in [-0.25, -0.2) is 9.78 Å². The molecule has 0 unspecified atom stereocenters. The molecule has 3 aliphatic rings. The number of carbonyl (C=O) groups excluding carboxylic acids is 1. The number of ketones is 1. The molecule has 0 radical (unpaired) electrons. The molecule has 2 aromatic rings. The van der Waals surface area contributed by atoms with Gasteiger partial charge in [0.2, 0.25) is 0 Å². The van der Waals surface area contributed by atoms with Crippen molar-refractivity contribution in [2.24, 2.45) is 0 Å². The highest BCUT2D eigenvalue weighted by atomic mass is 19.4. The minimum absolute atomic E-state index is 0.0195. The van der Waals surface area contributed by atoms with Crippen LogP contribution in [0.3, 0.4) is 0 Å². The largest absolute Gasteiger partial charge is 0.491 e. The Balaban J connectivity index is 0.000000617. The van der Waals surface area contributed by atoms with Crippen LogP contribution in [-0.4, -0.2) is 76.1 Å². The zero-order valence-corrected chi connectivity index (χ0v) is 26.4. The fourth-order valence-corrected chi connectivity index (χ4v) is 5.50. The van der Waals surface area contributed by atoms with Gasteiger partial charge in [0.15, 0.2) is 5.78 Å². The smallest absolute Gasteiger partial charge is 0.490 e. The van der Waals surface area contributed by atoms with Crippen LogP contribution in [0.5, 0.6) is 5.75 Å². The number of aliphatic carboxylic acids is 2. The Morgan fingerprint density at radius 2 is 1.70 bits per heavy atom. The van der Waals surface area contributed by atoms with E-state index in [0.717, 1.165) is 54.2 Å². The first-order valence-corrected chi connectivity index (χ1v) is 15.5. The topological polar surface area (TPSA) is 144 Å². The number of hydrogen-bond acceptors (Lipinski definition) is 7. The fraction of sp³-hybridized carbons (Fsp3) is 0.545. The summed E-state index contributed by atoms with van der Waals surface area (Å²) in [5.74, 6) is -1.91. The van der Waals surface area contributed by atoms with E-state index in [1.165, 1.54) is 12.8 Å². The molecule has 10 nitrogen and oxygen atoms in total. The molecular formula is C33H41F3N4O6. The van der Waals surface area contributed by atoms with Crippen molar-refractivity contribution >= 4 is 29.2 Å². The molecule has 0 spiro atoms. The first kappa shape index (κ1) is 34.7. The Labute approximate surface area is 266 Å². The van der Waals surface area contributed by atoms with E-state index in [4.69, 9.17) is 30.1 Å². The summed E-state index contributed by atoms with van der Waals surface area (Å²) < 4.78 is 38.1. The van der Waals surface area contributed by atoms with Crippen molar-refractivity contribution in [3.8, 4) is 5.75 Å². The van der Waals surface area contributed by atoms with Gasteiger partial charge in [0.05, 0.1) is 18.8 Å². The minimum Gasteiger partial charge on any atom is -0.491 e. The van der Waals surface area contributed by atoms with Gasteiger partial charge in [-0.05, 0) is 62.1 Å². The van der Waals surface area contributed by atoms with Crippen molar-refractivity contribution in [3.63, 3.8) is 0 Å². The number of anilines is 1. The van der Waals surface area contributed by atoms with Crippen molar-refractivity contribution in [3.05, 3.63) is 52.3 Å². The maximum atomic E-state index is 13.7. The summed E-state index contributed by atoms with van der Waals surface area (Å²) in [4.78, 5) is 42.4. The first-order valence-electron chi connectivity index (χ1n) is 15.5. The molecule has 3 N–H and O–H groups in total. The van der Waals surface area contributed by atoms with Crippen LogP contribution in [0.4, 0.5) is 18.9 Å². The molecule has 46 heavy (non-hydrogen) atoms. The van der Waals surface area contributed by atoms with Gasteiger partial charge in [0.1, 0.15) is 17.3 Å². The molecule has 250 valence electrons. The fourth-order valence-electron chi connectivity index (χ4n) is 5.50. The average molecular weight is 647 g/mol. The lowest BCUT2D eigenvalue weighted by Crippen LogP contribution is -2.31. The summed E-state index contributed by atoms with van der Waals surface area (Å²) in [6.45, 7) is 9.29.